The maximum Gasteiger partial charge on any atom is 0.441 e. The molecule has 0 saturated heterocycles. The lowest BCUT2D eigenvalue weighted by atomic mass is 10.2. The second-order valence-electron chi connectivity index (χ2n) is 2.38. The van der Waals surface area contributed by atoms with Crippen molar-refractivity contribution >= 4 is 17.7 Å². The van der Waals surface area contributed by atoms with Crippen LogP contribution in [0, 0.1) is 0 Å². The van der Waals surface area contributed by atoms with Gasteiger partial charge in [0.2, 0.25) is 5.91 Å². The van der Waals surface area contributed by atoms with Crippen molar-refractivity contribution in [2.45, 2.75) is 5.51 Å². The molecule has 0 fully saturated rings. The minimum Gasteiger partial charge on any atom is -0.366 e. The lowest BCUT2D eigenvalue weighted by Gasteiger charge is -1.95. The van der Waals surface area contributed by atoms with Crippen LogP contribution < -0.4 is 5.73 Å². The summed E-state index contributed by atoms with van der Waals surface area (Å²) >= 11 is -0.118. The van der Waals surface area contributed by atoms with Gasteiger partial charge in [0.25, 0.3) is 0 Å². The number of rotatable bonds is 1. The number of nitrogens with two attached hydrogens (primary N) is 1. The van der Waals surface area contributed by atoms with Crippen molar-refractivity contribution in [3.63, 3.8) is 0 Å². The normalized spacial score (nSPS) is 10.1. The third-order valence-electron chi connectivity index (χ3n) is 1.29. The molecule has 0 spiro atoms. The van der Waals surface area contributed by atoms with Gasteiger partial charge in [-0.1, -0.05) is 30.0 Å². The van der Waals surface area contributed by atoms with Crippen LogP contribution in [-0.4, -0.2) is 17.7 Å². The van der Waals surface area contributed by atoms with Gasteiger partial charge in [-0.25, -0.2) is 0 Å². The van der Waals surface area contributed by atoms with E-state index in [1.54, 1.807) is 24.3 Å². The first-order valence-corrected chi connectivity index (χ1v) is 5.06. The molecule has 0 aliphatic rings. The third-order valence-corrected chi connectivity index (χ3v) is 1.75. The van der Waals surface area contributed by atoms with Crippen molar-refractivity contribution in [1.82, 2.24) is 0 Å². The molecule has 0 saturated carbocycles. The summed E-state index contributed by atoms with van der Waals surface area (Å²) in [5.41, 5.74) is 1.49. The number of halogens is 3. The molecular formula is C9H10F3NOS. The zero-order valence-electron chi connectivity index (χ0n) is 7.91. The van der Waals surface area contributed by atoms with E-state index in [0.29, 0.717) is 5.56 Å². The summed E-state index contributed by atoms with van der Waals surface area (Å²) in [6.07, 6.45) is 1.00. The molecular weight excluding hydrogens is 227 g/mol. The van der Waals surface area contributed by atoms with Crippen LogP contribution in [0.15, 0.2) is 30.3 Å². The maximum atomic E-state index is 10.7. The molecule has 0 radical (unpaired) electrons. The predicted molar refractivity (Wildman–Crippen MR) is 54.5 cm³/mol. The summed E-state index contributed by atoms with van der Waals surface area (Å²) in [4.78, 5) is 10.4. The number of amides is 1. The van der Waals surface area contributed by atoms with Gasteiger partial charge in [0, 0.05) is 5.56 Å². The van der Waals surface area contributed by atoms with Crippen LogP contribution in [0.5, 0.6) is 0 Å². The highest BCUT2D eigenvalue weighted by Crippen LogP contribution is 2.26. The number of thioether (sulfide) groups is 1. The molecule has 1 rings (SSSR count). The van der Waals surface area contributed by atoms with Gasteiger partial charge in [-0.3, -0.25) is 4.79 Å². The van der Waals surface area contributed by atoms with Gasteiger partial charge in [0.1, 0.15) is 0 Å². The number of primary amides is 1. The Balaban J connectivity index is 0.000000288. The number of alkyl halides is 3. The van der Waals surface area contributed by atoms with E-state index in [1.807, 2.05) is 6.07 Å². The molecule has 0 unspecified atom stereocenters. The highest BCUT2D eigenvalue weighted by molar-refractivity contribution is 7.99. The minimum atomic E-state index is -4.04. The smallest absolute Gasteiger partial charge is 0.366 e. The third kappa shape index (κ3) is 7.87. The molecule has 6 heteroatoms. The largest absolute Gasteiger partial charge is 0.441 e. The van der Waals surface area contributed by atoms with Gasteiger partial charge in [-0.15, -0.1) is 0 Å². The average molecular weight is 237 g/mol. The zero-order chi connectivity index (χ0) is 11.9. The fraction of sp³-hybridized carbons (Fsp3) is 0.222. The van der Waals surface area contributed by atoms with Crippen LogP contribution >= 0.6 is 11.8 Å². The van der Waals surface area contributed by atoms with Gasteiger partial charge >= 0.3 is 5.51 Å². The second kappa shape index (κ2) is 6.34. The van der Waals surface area contributed by atoms with Crippen molar-refractivity contribution in [2.75, 3.05) is 6.26 Å². The predicted octanol–water partition coefficient (Wildman–Crippen LogP) is 2.65. The Labute approximate surface area is 89.7 Å². The number of hydrogen-bond acceptors (Lipinski definition) is 2. The van der Waals surface area contributed by atoms with Crippen LogP contribution in [0.1, 0.15) is 10.4 Å². The van der Waals surface area contributed by atoms with Crippen LogP contribution in [-0.2, 0) is 0 Å². The molecule has 0 aliphatic carbocycles. The molecule has 15 heavy (non-hydrogen) atoms. The number of carbonyl (C=O) groups excluding carboxylic acids is 1. The second-order valence-corrected chi connectivity index (χ2v) is 3.25. The molecule has 1 aromatic carbocycles. The summed E-state index contributed by atoms with van der Waals surface area (Å²) in [6, 6.07) is 8.76. The highest BCUT2D eigenvalue weighted by atomic mass is 32.2. The van der Waals surface area contributed by atoms with E-state index in [9.17, 15) is 18.0 Å². The van der Waals surface area contributed by atoms with Crippen LogP contribution in [0.4, 0.5) is 13.2 Å². The minimum absolute atomic E-state index is 0.118. The van der Waals surface area contributed by atoms with E-state index in [4.69, 9.17) is 5.73 Å². The summed E-state index contributed by atoms with van der Waals surface area (Å²) in [7, 11) is 0. The van der Waals surface area contributed by atoms with Gasteiger partial charge in [0.05, 0.1) is 0 Å². The number of benzene rings is 1. The molecule has 1 aromatic rings. The summed E-state index contributed by atoms with van der Waals surface area (Å²) in [6.45, 7) is 0. The molecule has 0 aromatic heterocycles. The topological polar surface area (TPSA) is 43.1 Å². The van der Waals surface area contributed by atoms with Crippen LogP contribution in [0.2, 0.25) is 0 Å². The molecule has 84 valence electrons. The van der Waals surface area contributed by atoms with Crippen molar-refractivity contribution in [1.29, 1.82) is 0 Å². The lowest BCUT2D eigenvalue weighted by Crippen LogP contribution is -2.09. The molecule has 0 atom stereocenters. The monoisotopic (exact) mass is 237 g/mol. The van der Waals surface area contributed by atoms with Crippen LogP contribution in [0.3, 0.4) is 0 Å². The Bertz CT molecular complexity index is 300. The summed E-state index contributed by atoms with van der Waals surface area (Å²) in [5.74, 6) is -0.379. The fourth-order valence-electron chi connectivity index (χ4n) is 0.602. The Morgan fingerprint density at radius 3 is 1.87 bits per heavy atom. The molecule has 0 bridgehead atoms. The Hall–Kier alpha value is -1.17. The maximum absolute atomic E-state index is 10.7. The van der Waals surface area contributed by atoms with E-state index in [2.05, 4.69) is 0 Å². The van der Waals surface area contributed by atoms with Crippen molar-refractivity contribution < 1.29 is 18.0 Å². The number of hydrogen-bond donors (Lipinski definition) is 1. The summed E-state index contributed by atoms with van der Waals surface area (Å²) in [5, 5.41) is 0. The SMILES string of the molecule is CSC(F)(F)F.NC(=O)c1ccccc1. The van der Waals surface area contributed by atoms with Crippen molar-refractivity contribution in [3.05, 3.63) is 35.9 Å². The van der Waals surface area contributed by atoms with Crippen molar-refractivity contribution in [2.24, 2.45) is 5.73 Å². The Morgan fingerprint density at radius 2 is 1.67 bits per heavy atom. The van der Waals surface area contributed by atoms with E-state index in [0.717, 1.165) is 6.26 Å². The first-order valence-electron chi connectivity index (χ1n) is 3.83. The van der Waals surface area contributed by atoms with E-state index in [-0.39, 0.29) is 17.7 Å². The highest BCUT2D eigenvalue weighted by Gasteiger charge is 2.24. The Kier molecular flexibility index (Phi) is 5.84. The Morgan fingerprint density at radius 1 is 1.27 bits per heavy atom. The quantitative estimate of drug-likeness (QED) is 0.816. The zero-order valence-corrected chi connectivity index (χ0v) is 8.73. The van der Waals surface area contributed by atoms with Gasteiger partial charge in [-0.05, 0) is 18.4 Å². The van der Waals surface area contributed by atoms with E-state index < -0.39 is 5.51 Å². The van der Waals surface area contributed by atoms with E-state index >= 15 is 0 Å². The van der Waals surface area contributed by atoms with E-state index in [1.165, 1.54) is 0 Å². The molecule has 2 nitrogen and oxygen atoms in total. The van der Waals surface area contributed by atoms with Crippen LogP contribution in [0.25, 0.3) is 0 Å². The molecule has 2 N–H and O–H groups in total. The number of carbonyl (C=O) groups is 1. The molecule has 1 amide bonds. The molecule has 0 heterocycles. The summed E-state index contributed by atoms with van der Waals surface area (Å²) < 4.78 is 32.2. The molecule has 0 aliphatic heterocycles. The van der Waals surface area contributed by atoms with Crippen molar-refractivity contribution in [3.8, 4) is 0 Å². The lowest BCUT2D eigenvalue weighted by molar-refractivity contribution is -0.0323. The average Bonchev–Trinajstić information content (AvgIpc) is 2.19. The first-order chi connectivity index (χ1) is 6.87. The standard InChI is InChI=1S/C7H7NO.C2H3F3S/c8-7(9)6-4-2-1-3-5-6;1-6-2(3,4)5/h1-5H,(H2,8,9);1H3. The first kappa shape index (κ1) is 13.8. The van der Waals surface area contributed by atoms with Gasteiger partial charge in [-0.2, -0.15) is 13.2 Å². The fourth-order valence-corrected chi connectivity index (χ4v) is 0.602. The van der Waals surface area contributed by atoms with Gasteiger partial charge < -0.3 is 5.73 Å². The van der Waals surface area contributed by atoms with Gasteiger partial charge in [0.15, 0.2) is 0 Å².